The molecule has 1 unspecified atom stereocenters. The van der Waals surface area contributed by atoms with E-state index in [9.17, 15) is 18.0 Å². The highest BCUT2D eigenvalue weighted by atomic mass is 32.2. The molecule has 0 bridgehead atoms. The number of sulfonamides is 1. The molecular weight excluding hydrogens is 422 g/mol. The first-order valence-electron chi connectivity index (χ1n) is 9.82. The molecule has 0 aromatic heterocycles. The molecular formula is C21H23N3O4S2. The third-order valence-electron chi connectivity index (χ3n) is 5.39. The van der Waals surface area contributed by atoms with Crippen molar-refractivity contribution >= 4 is 45.0 Å². The van der Waals surface area contributed by atoms with Crippen LogP contribution in [0.5, 0.6) is 0 Å². The van der Waals surface area contributed by atoms with Crippen molar-refractivity contribution in [3.63, 3.8) is 0 Å². The minimum absolute atomic E-state index is 0.0825. The summed E-state index contributed by atoms with van der Waals surface area (Å²) >= 11 is 1.41. The largest absolute Gasteiger partial charge is 0.326 e. The first-order chi connectivity index (χ1) is 14.3. The van der Waals surface area contributed by atoms with E-state index in [0.717, 1.165) is 10.6 Å². The van der Waals surface area contributed by atoms with Crippen molar-refractivity contribution < 1.29 is 18.0 Å². The van der Waals surface area contributed by atoms with E-state index >= 15 is 0 Å². The van der Waals surface area contributed by atoms with Gasteiger partial charge in [0.15, 0.2) is 0 Å². The van der Waals surface area contributed by atoms with Crippen LogP contribution in [0.15, 0.2) is 58.3 Å². The Morgan fingerprint density at radius 2 is 1.83 bits per heavy atom. The summed E-state index contributed by atoms with van der Waals surface area (Å²) in [7, 11) is -3.69. The number of thioether (sulfide) groups is 1. The minimum Gasteiger partial charge on any atom is -0.326 e. The second-order valence-electron chi connectivity index (χ2n) is 7.44. The van der Waals surface area contributed by atoms with Gasteiger partial charge < -0.3 is 10.6 Å². The Kier molecular flexibility index (Phi) is 5.86. The van der Waals surface area contributed by atoms with Crippen LogP contribution >= 0.6 is 11.8 Å². The summed E-state index contributed by atoms with van der Waals surface area (Å²) < 4.78 is 27.6. The van der Waals surface area contributed by atoms with Crippen molar-refractivity contribution in [2.75, 3.05) is 23.7 Å². The molecule has 9 heteroatoms. The highest BCUT2D eigenvalue weighted by molar-refractivity contribution is 8.01. The Labute approximate surface area is 180 Å². The van der Waals surface area contributed by atoms with Crippen molar-refractivity contribution in [3.8, 4) is 0 Å². The Hall–Kier alpha value is -2.36. The molecule has 1 atom stereocenters. The van der Waals surface area contributed by atoms with E-state index < -0.39 is 10.0 Å². The average molecular weight is 446 g/mol. The number of hydrogen-bond acceptors (Lipinski definition) is 5. The predicted octanol–water partition coefficient (Wildman–Crippen LogP) is 3.16. The van der Waals surface area contributed by atoms with Gasteiger partial charge in [0, 0.05) is 29.6 Å². The lowest BCUT2D eigenvalue weighted by atomic mass is 9.97. The van der Waals surface area contributed by atoms with Crippen LogP contribution in [-0.4, -0.2) is 42.9 Å². The van der Waals surface area contributed by atoms with Gasteiger partial charge in [-0.05, 0) is 50.1 Å². The maximum atomic E-state index is 13.1. The fraction of sp³-hybridized carbons (Fsp3) is 0.333. The summed E-state index contributed by atoms with van der Waals surface area (Å²) in [6.45, 7) is 2.38. The fourth-order valence-electron chi connectivity index (χ4n) is 3.62. The molecule has 2 N–H and O–H groups in total. The molecule has 2 aromatic rings. The monoisotopic (exact) mass is 445 g/mol. The van der Waals surface area contributed by atoms with Crippen LogP contribution in [-0.2, 0) is 19.6 Å². The number of carbonyl (C=O) groups excluding carboxylic acids is 2. The van der Waals surface area contributed by atoms with E-state index in [-0.39, 0.29) is 41.0 Å². The Morgan fingerprint density at radius 3 is 2.53 bits per heavy atom. The average Bonchev–Trinajstić information content (AvgIpc) is 2.75. The van der Waals surface area contributed by atoms with Gasteiger partial charge in [0.05, 0.1) is 15.8 Å². The topological polar surface area (TPSA) is 95.6 Å². The lowest BCUT2D eigenvalue weighted by molar-refractivity contribution is -0.121. The molecule has 2 aromatic carbocycles. The van der Waals surface area contributed by atoms with E-state index in [2.05, 4.69) is 10.6 Å². The van der Waals surface area contributed by atoms with Gasteiger partial charge in [-0.2, -0.15) is 4.31 Å². The van der Waals surface area contributed by atoms with Crippen molar-refractivity contribution in [2.45, 2.75) is 34.8 Å². The number of carbonyl (C=O) groups is 2. The third-order valence-corrected chi connectivity index (χ3v) is 8.46. The van der Waals surface area contributed by atoms with Crippen LogP contribution in [0.4, 0.5) is 11.4 Å². The van der Waals surface area contributed by atoms with E-state index in [0.29, 0.717) is 18.5 Å². The third kappa shape index (κ3) is 4.23. The number of amides is 2. The van der Waals surface area contributed by atoms with Crippen LogP contribution < -0.4 is 10.6 Å². The Morgan fingerprint density at radius 1 is 1.13 bits per heavy atom. The molecule has 2 aliphatic heterocycles. The number of para-hydroxylation sites is 1. The Bertz CT molecular complexity index is 1060. The lowest BCUT2D eigenvalue weighted by Crippen LogP contribution is -2.41. The maximum absolute atomic E-state index is 13.1. The first-order valence-corrected chi connectivity index (χ1v) is 12.1. The van der Waals surface area contributed by atoms with Crippen LogP contribution in [0.1, 0.15) is 19.8 Å². The molecule has 0 spiro atoms. The molecule has 158 valence electrons. The Balaban J connectivity index is 1.42. The summed E-state index contributed by atoms with van der Waals surface area (Å²) in [5.41, 5.74) is 1.27. The molecule has 2 amide bonds. The zero-order chi connectivity index (χ0) is 21.3. The van der Waals surface area contributed by atoms with Gasteiger partial charge in [-0.15, -0.1) is 11.8 Å². The van der Waals surface area contributed by atoms with Gasteiger partial charge in [-0.25, -0.2) is 8.42 Å². The molecule has 7 nitrogen and oxygen atoms in total. The first kappa shape index (κ1) is 20.9. The van der Waals surface area contributed by atoms with Gasteiger partial charge in [-0.3, -0.25) is 9.59 Å². The van der Waals surface area contributed by atoms with Crippen molar-refractivity contribution in [1.29, 1.82) is 0 Å². The van der Waals surface area contributed by atoms with Crippen molar-refractivity contribution in [2.24, 2.45) is 5.92 Å². The second kappa shape index (κ2) is 8.41. The number of piperidine rings is 1. The number of rotatable bonds is 4. The minimum atomic E-state index is -3.69. The number of fused-ring (bicyclic) bond motifs is 1. The number of benzene rings is 2. The van der Waals surface area contributed by atoms with E-state index in [1.54, 1.807) is 12.1 Å². The summed E-state index contributed by atoms with van der Waals surface area (Å²) in [5.74, 6) is -0.439. The molecule has 4 rings (SSSR count). The molecule has 2 aliphatic rings. The summed E-state index contributed by atoms with van der Waals surface area (Å²) in [6, 6.07) is 14.1. The highest BCUT2D eigenvalue weighted by Crippen LogP contribution is 2.37. The van der Waals surface area contributed by atoms with Gasteiger partial charge in [0.2, 0.25) is 21.8 Å². The zero-order valence-corrected chi connectivity index (χ0v) is 18.1. The molecule has 0 radical (unpaired) electrons. The van der Waals surface area contributed by atoms with Crippen LogP contribution in [0.25, 0.3) is 0 Å². The van der Waals surface area contributed by atoms with Crippen molar-refractivity contribution in [3.05, 3.63) is 48.5 Å². The molecule has 1 fully saturated rings. The second-order valence-corrected chi connectivity index (χ2v) is 10.8. The highest BCUT2D eigenvalue weighted by Gasteiger charge is 2.33. The van der Waals surface area contributed by atoms with E-state index in [4.69, 9.17) is 0 Å². The van der Waals surface area contributed by atoms with Gasteiger partial charge >= 0.3 is 0 Å². The SMILES string of the molecule is CC1Sc2ccc(S(=O)(=O)N3CCC(C(=O)Nc4ccccc4)CC3)cc2NC1=O. The van der Waals surface area contributed by atoms with E-state index in [1.807, 2.05) is 37.3 Å². The van der Waals surface area contributed by atoms with Gasteiger partial charge in [0.1, 0.15) is 0 Å². The van der Waals surface area contributed by atoms with Crippen LogP contribution in [0.3, 0.4) is 0 Å². The van der Waals surface area contributed by atoms with Crippen LogP contribution in [0.2, 0.25) is 0 Å². The number of hydrogen-bond donors (Lipinski definition) is 2. The van der Waals surface area contributed by atoms with Crippen molar-refractivity contribution in [1.82, 2.24) is 4.31 Å². The molecule has 0 saturated carbocycles. The van der Waals surface area contributed by atoms with Crippen LogP contribution in [0, 0.1) is 5.92 Å². The standard InChI is InChI=1S/C21H23N3O4S2/c1-14-20(25)23-18-13-17(7-8-19(18)29-14)30(27,28)24-11-9-15(10-12-24)21(26)22-16-5-3-2-4-6-16/h2-8,13-15H,9-12H2,1H3,(H,22,26)(H,23,25). The summed E-state index contributed by atoms with van der Waals surface area (Å²) in [4.78, 5) is 25.4. The predicted molar refractivity (Wildman–Crippen MR) is 117 cm³/mol. The quantitative estimate of drug-likeness (QED) is 0.754. The van der Waals surface area contributed by atoms with Gasteiger partial charge in [-0.1, -0.05) is 18.2 Å². The number of nitrogens with zero attached hydrogens (tertiary/aromatic N) is 1. The molecule has 1 saturated heterocycles. The normalized spacial score (nSPS) is 20.3. The smallest absolute Gasteiger partial charge is 0.243 e. The zero-order valence-electron chi connectivity index (χ0n) is 16.5. The number of nitrogens with one attached hydrogen (secondary N) is 2. The molecule has 0 aliphatic carbocycles. The fourth-order valence-corrected chi connectivity index (χ4v) is 6.05. The van der Waals surface area contributed by atoms with E-state index in [1.165, 1.54) is 22.1 Å². The maximum Gasteiger partial charge on any atom is 0.243 e. The summed E-state index contributed by atoms with van der Waals surface area (Å²) in [5, 5.41) is 5.46. The molecule has 30 heavy (non-hydrogen) atoms. The summed E-state index contributed by atoms with van der Waals surface area (Å²) in [6.07, 6.45) is 0.930. The van der Waals surface area contributed by atoms with Gasteiger partial charge in [0.25, 0.3) is 0 Å². The molecule has 2 heterocycles. The number of anilines is 2. The lowest BCUT2D eigenvalue weighted by Gasteiger charge is -2.31.